The number of nitrogens with one attached hydrogen (secondary N) is 3. The highest BCUT2D eigenvalue weighted by Gasteiger charge is 2.62. The maximum Gasteiger partial charge on any atom is 0.416 e. The Balaban J connectivity index is 1.24. The number of carbonyl (C=O) groups is 3. The first-order chi connectivity index (χ1) is 25.6. The number of nitrogens with zero attached hydrogens (tertiary/aromatic N) is 3. The Hall–Kier alpha value is -4.67. The molecule has 0 spiro atoms. The number of amides is 3. The van der Waals surface area contributed by atoms with Gasteiger partial charge in [-0.1, -0.05) is 44.1 Å². The van der Waals surface area contributed by atoms with E-state index in [1.54, 1.807) is 6.08 Å². The Kier molecular flexibility index (Phi) is 11.3. The van der Waals surface area contributed by atoms with E-state index in [4.69, 9.17) is 4.74 Å². The van der Waals surface area contributed by atoms with Crippen LogP contribution in [0.25, 0.3) is 11.0 Å². The van der Waals surface area contributed by atoms with Crippen LogP contribution in [-0.4, -0.2) is 76.6 Å². The molecule has 1 saturated heterocycles. The van der Waals surface area contributed by atoms with Gasteiger partial charge in [-0.15, -0.1) is 0 Å². The number of fused-ring (bicyclic) bond motifs is 1. The van der Waals surface area contributed by atoms with Crippen molar-refractivity contribution in [3.63, 3.8) is 0 Å². The molecule has 6 rings (SSSR count). The van der Waals surface area contributed by atoms with Crippen molar-refractivity contribution in [2.45, 2.75) is 101 Å². The first-order valence-electron chi connectivity index (χ1n) is 18.2. The van der Waals surface area contributed by atoms with E-state index in [0.717, 1.165) is 37.3 Å². The van der Waals surface area contributed by atoms with Gasteiger partial charge in [0.1, 0.15) is 23.5 Å². The van der Waals surface area contributed by atoms with Crippen molar-refractivity contribution in [3.8, 4) is 6.01 Å². The van der Waals surface area contributed by atoms with Crippen molar-refractivity contribution in [1.29, 1.82) is 0 Å². The van der Waals surface area contributed by atoms with Crippen LogP contribution in [0, 0.1) is 11.7 Å². The molecule has 2 heterocycles. The van der Waals surface area contributed by atoms with Gasteiger partial charge in [-0.2, -0.15) is 18.2 Å². The fraction of sp³-hybridized carbons (Fsp3) is 0.514. The lowest BCUT2D eigenvalue weighted by Gasteiger charge is -2.26. The Morgan fingerprint density at radius 2 is 1.85 bits per heavy atom. The number of ether oxygens (including phenoxy) is 1. The molecule has 2 aliphatic carbocycles. The number of alkyl halides is 3. The first-order valence-corrected chi connectivity index (χ1v) is 19.8. The molecule has 54 heavy (non-hydrogen) atoms. The van der Waals surface area contributed by atoms with Crippen LogP contribution in [0.2, 0.25) is 0 Å². The van der Waals surface area contributed by atoms with Crippen molar-refractivity contribution >= 4 is 44.5 Å². The van der Waals surface area contributed by atoms with E-state index in [-0.39, 0.29) is 31.1 Å². The summed E-state index contributed by atoms with van der Waals surface area (Å²) in [7, 11) is -3.95. The van der Waals surface area contributed by atoms with Crippen LogP contribution in [-0.2, 0) is 37.1 Å². The lowest BCUT2D eigenvalue weighted by molar-refractivity contribution is -0.138. The molecule has 2 aromatic carbocycles. The molecule has 17 heteroatoms. The third kappa shape index (κ3) is 8.66. The van der Waals surface area contributed by atoms with Gasteiger partial charge in [0.05, 0.1) is 34.9 Å². The number of imidazole rings is 1. The van der Waals surface area contributed by atoms with Gasteiger partial charge in [-0.25, -0.2) is 12.8 Å². The lowest BCUT2D eigenvalue weighted by Crippen LogP contribution is -2.57. The highest BCUT2D eigenvalue weighted by atomic mass is 32.2. The number of hydrogen-bond acceptors (Lipinski definition) is 8. The topological polar surface area (TPSA) is 152 Å². The number of unbranched alkanes of at least 4 members (excludes halogenated alkanes) is 3. The predicted octanol–water partition coefficient (Wildman–Crippen LogP) is 5.29. The summed E-state index contributed by atoms with van der Waals surface area (Å²) in [4.78, 5) is 47.4. The zero-order chi connectivity index (χ0) is 38.8. The van der Waals surface area contributed by atoms with Gasteiger partial charge in [-0.3, -0.25) is 23.7 Å². The summed E-state index contributed by atoms with van der Waals surface area (Å²) in [6.45, 7) is 3.75. The Morgan fingerprint density at radius 3 is 2.56 bits per heavy atom. The van der Waals surface area contributed by atoms with E-state index < -0.39 is 80.7 Å². The molecule has 0 unspecified atom stereocenters. The largest absolute Gasteiger partial charge is 0.459 e. The number of carbonyl (C=O) groups excluding carboxylic acids is 3. The third-order valence-electron chi connectivity index (χ3n) is 10.1. The standard InChI is InChI=1S/C37H44F4N6O6S/c1-3-5-6-7-8-11-23-20-36(23,34(50)45-54(51,52)28-14-15-28)44-33(49)31-19-27(53-35-43-29-12-9-10-13-30(29)46(35)4-2)22-47(31)32(48)21-42-26-17-24(37(39,40)41)16-25(38)18-26/h8-13,16-18,23,27-28,31,42H,3-7,14-15,19-22H2,1-2H3,(H,44,49)(H,45,50)/b11-8-/t23-,27-,31+,36-/m1/s1. The van der Waals surface area contributed by atoms with Crippen molar-refractivity contribution in [1.82, 2.24) is 24.5 Å². The number of rotatable bonds is 16. The summed E-state index contributed by atoms with van der Waals surface area (Å²) in [5, 5.41) is 4.64. The number of halogens is 4. The zero-order valence-corrected chi connectivity index (χ0v) is 30.8. The fourth-order valence-corrected chi connectivity index (χ4v) is 8.24. The molecule has 3 aromatic rings. The van der Waals surface area contributed by atoms with E-state index in [1.165, 1.54) is 4.90 Å². The van der Waals surface area contributed by atoms with Crippen LogP contribution in [0.15, 0.2) is 54.6 Å². The highest BCUT2D eigenvalue weighted by Crippen LogP contribution is 2.46. The molecule has 3 aliphatic rings. The quantitative estimate of drug-likeness (QED) is 0.101. The average Bonchev–Trinajstić information content (AvgIpc) is 4.02. The van der Waals surface area contributed by atoms with Crippen molar-refractivity contribution in [3.05, 3.63) is 66.0 Å². The number of benzene rings is 2. The molecule has 2 saturated carbocycles. The Labute approximate surface area is 310 Å². The van der Waals surface area contributed by atoms with E-state index in [9.17, 15) is 40.4 Å². The van der Waals surface area contributed by atoms with Crippen LogP contribution in [0.5, 0.6) is 6.01 Å². The summed E-state index contributed by atoms with van der Waals surface area (Å²) in [5.74, 6) is -3.96. The molecule has 292 valence electrons. The Morgan fingerprint density at radius 1 is 1.09 bits per heavy atom. The summed E-state index contributed by atoms with van der Waals surface area (Å²) < 4.78 is 90.0. The number of aryl methyl sites for hydroxylation is 1. The molecule has 0 radical (unpaired) electrons. The van der Waals surface area contributed by atoms with E-state index in [2.05, 4.69) is 27.3 Å². The molecule has 0 bridgehead atoms. The number of sulfonamides is 1. The minimum Gasteiger partial charge on any atom is -0.459 e. The summed E-state index contributed by atoms with van der Waals surface area (Å²) in [5.41, 5.74) is -1.64. The Bertz CT molecular complexity index is 2030. The van der Waals surface area contributed by atoms with Gasteiger partial charge in [0, 0.05) is 24.6 Å². The molecule has 1 aromatic heterocycles. The van der Waals surface area contributed by atoms with Crippen molar-refractivity contribution < 1.29 is 45.1 Å². The molecule has 3 fully saturated rings. The van der Waals surface area contributed by atoms with Gasteiger partial charge in [-0.05, 0) is 69.4 Å². The number of likely N-dealkylation sites (tertiary alicyclic amines) is 1. The van der Waals surface area contributed by atoms with Crippen LogP contribution < -0.4 is 20.1 Å². The average molecular weight is 777 g/mol. The SMILES string of the molecule is CCCCC/C=C\[C@@H]1C[C@]1(NC(=O)[C@@H]1C[C@@H](Oc2nc3ccccc3n2CC)CN1C(=O)CNc1cc(F)cc(C(F)(F)F)c1)C(=O)NS(=O)(=O)C1CC1. The summed E-state index contributed by atoms with van der Waals surface area (Å²) in [6.07, 6.45) is 2.76. The smallest absolute Gasteiger partial charge is 0.416 e. The van der Waals surface area contributed by atoms with Crippen LogP contribution in [0.1, 0.15) is 70.8 Å². The van der Waals surface area contributed by atoms with Crippen LogP contribution in [0.3, 0.4) is 0 Å². The fourth-order valence-electron chi connectivity index (χ4n) is 6.88. The normalized spacial score (nSPS) is 22.8. The van der Waals surface area contributed by atoms with E-state index >= 15 is 0 Å². The van der Waals surface area contributed by atoms with Gasteiger partial charge >= 0.3 is 6.18 Å². The first kappa shape index (κ1) is 39.0. The number of aromatic nitrogens is 2. The predicted molar refractivity (Wildman–Crippen MR) is 192 cm³/mol. The number of hydrogen-bond donors (Lipinski definition) is 3. The molecular formula is C37H44F4N6O6S. The zero-order valence-electron chi connectivity index (χ0n) is 30.0. The van der Waals surface area contributed by atoms with Crippen LogP contribution >= 0.6 is 0 Å². The second kappa shape index (κ2) is 15.6. The summed E-state index contributed by atoms with van der Waals surface area (Å²) >= 11 is 0. The highest BCUT2D eigenvalue weighted by molar-refractivity contribution is 7.91. The third-order valence-corrected chi connectivity index (χ3v) is 11.9. The van der Waals surface area contributed by atoms with Gasteiger partial charge in [0.25, 0.3) is 11.9 Å². The van der Waals surface area contributed by atoms with E-state index in [1.807, 2.05) is 41.8 Å². The lowest BCUT2D eigenvalue weighted by atomic mass is 10.1. The molecular weight excluding hydrogens is 733 g/mol. The molecule has 4 atom stereocenters. The van der Waals surface area contributed by atoms with Gasteiger partial charge in [0.2, 0.25) is 21.8 Å². The maximum absolute atomic E-state index is 14.2. The minimum absolute atomic E-state index is 0.0434. The van der Waals surface area contributed by atoms with E-state index in [0.29, 0.717) is 37.0 Å². The summed E-state index contributed by atoms with van der Waals surface area (Å²) in [6, 6.07) is 8.24. The van der Waals surface area contributed by atoms with Crippen molar-refractivity contribution in [2.75, 3.05) is 18.4 Å². The number of para-hydroxylation sites is 2. The molecule has 1 aliphatic heterocycles. The van der Waals surface area contributed by atoms with Gasteiger partial charge in [0.15, 0.2) is 0 Å². The maximum atomic E-state index is 14.2. The second-order valence-electron chi connectivity index (χ2n) is 14.1. The van der Waals surface area contributed by atoms with Gasteiger partial charge < -0.3 is 20.3 Å². The molecule has 3 N–H and O–H groups in total. The second-order valence-corrected chi connectivity index (χ2v) is 16.1. The number of allylic oxidation sites excluding steroid dienone is 1. The minimum atomic E-state index is -4.83. The number of anilines is 1. The molecule has 3 amide bonds. The van der Waals surface area contributed by atoms with Crippen molar-refractivity contribution in [2.24, 2.45) is 5.92 Å². The monoisotopic (exact) mass is 776 g/mol. The van der Waals surface area contributed by atoms with Crippen LogP contribution in [0.4, 0.5) is 23.2 Å². The molecule has 12 nitrogen and oxygen atoms in total.